The van der Waals surface area contributed by atoms with Gasteiger partial charge in [-0.25, -0.2) is 9.48 Å². The molecular formula is C32H28BrCl3N4O4S. The van der Waals surface area contributed by atoms with Crippen molar-refractivity contribution >= 4 is 74.4 Å². The SMILES string of the molecule is C=CCOC(=O)C1=C(C)Nc2nc(SCc3ccccc3Cl)nn2C1c1cc(Br)c(OCc2c(Cl)cccc2Cl)c(OCC)c1. The van der Waals surface area contributed by atoms with Crippen LogP contribution in [0.3, 0.4) is 0 Å². The Morgan fingerprint density at radius 1 is 1.11 bits per heavy atom. The molecule has 1 unspecified atom stereocenters. The van der Waals surface area contributed by atoms with Gasteiger partial charge in [0, 0.05) is 32.1 Å². The molecule has 5 rings (SSSR count). The summed E-state index contributed by atoms with van der Waals surface area (Å²) in [5.41, 5.74) is 3.25. The second-order valence-electron chi connectivity index (χ2n) is 9.75. The molecule has 8 nitrogen and oxygen atoms in total. The third-order valence-corrected chi connectivity index (χ3v) is 9.32. The average Bonchev–Trinajstić information content (AvgIpc) is 3.41. The molecule has 0 aliphatic carbocycles. The fraction of sp³-hybridized carbons (Fsp3) is 0.219. The van der Waals surface area contributed by atoms with Crippen molar-refractivity contribution in [2.45, 2.75) is 37.4 Å². The first-order valence-corrected chi connectivity index (χ1v) is 16.7. The van der Waals surface area contributed by atoms with Gasteiger partial charge in [-0.2, -0.15) is 4.98 Å². The summed E-state index contributed by atoms with van der Waals surface area (Å²) in [6.45, 7) is 7.87. The minimum absolute atomic E-state index is 0.0523. The van der Waals surface area contributed by atoms with Crippen molar-refractivity contribution in [1.29, 1.82) is 0 Å². The molecule has 0 spiro atoms. The Bertz CT molecular complexity index is 1760. The molecule has 0 saturated heterocycles. The summed E-state index contributed by atoms with van der Waals surface area (Å²) >= 11 is 24.2. The Morgan fingerprint density at radius 2 is 1.84 bits per heavy atom. The monoisotopic (exact) mass is 748 g/mol. The molecule has 1 aliphatic heterocycles. The van der Waals surface area contributed by atoms with E-state index in [0.717, 1.165) is 5.56 Å². The van der Waals surface area contributed by atoms with Gasteiger partial charge in [-0.05, 0) is 71.2 Å². The number of benzene rings is 3. The van der Waals surface area contributed by atoms with E-state index in [4.69, 9.17) is 59.1 Å². The predicted octanol–water partition coefficient (Wildman–Crippen LogP) is 9.29. The predicted molar refractivity (Wildman–Crippen MR) is 183 cm³/mol. The average molecular weight is 751 g/mol. The molecule has 1 N–H and O–H groups in total. The number of thioether (sulfide) groups is 1. The standard InChI is InChI=1S/C32H28BrCl3N4O4S/c1-4-13-43-30(41)27-18(3)37-31-38-32(45-17-19-9-6-7-10-23(19)34)39-40(31)28(27)20-14-22(33)29(26(15-20)42-5-2)44-16-21-24(35)11-8-12-25(21)36/h4,6-12,14-15,28H,1,5,13,16-17H2,2-3H3,(H,37,38,39). The largest absolute Gasteiger partial charge is 0.490 e. The molecule has 0 radical (unpaired) electrons. The minimum atomic E-state index is -0.705. The normalized spacial score (nSPS) is 14.0. The lowest BCUT2D eigenvalue weighted by Gasteiger charge is -2.29. The summed E-state index contributed by atoms with van der Waals surface area (Å²) in [4.78, 5) is 18.2. The van der Waals surface area contributed by atoms with Gasteiger partial charge in [0.15, 0.2) is 11.5 Å². The molecular weight excluding hydrogens is 723 g/mol. The van der Waals surface area contributed by atoms with Gasteiger partial charge < -0.3 is 19.5 Å². The zero-order valence-corrected chi connectivity index (χ0v) is 29.0. The Balaban J connectivity index is 1.54. The maximum absolute atomic E-state index is 13.5. The molecule has 234 valence electrons. The lowest BCUT2D eigenvalue weighted by Crippen LogP contribution is -2.29. The highest BCUT2D eigenvalue weighted by molar-refractivity contribution is 9.10. The first-order chi connectivity index (χ1) is 21.7. The molecule has 45 heavy (non-hydrogen) atoms. The number of carbonyl (C=O) groups is 1. The number of nitrogens with one attached hydrogen (secondary N) is 1. The van der Waals surface area contributed by atoms with E-state index in [2.05, 4.69) is 27.8 Å². The number of carbonyl (C=O) groups excluding carboxylic acids is 1. The van der Waals surface area contributed by atoms with Crippen LogP contribution in [0, 0.1) is 0 Å². The van der Waals surface area contributed by atoms with Crippen molar-refractivity contribution in [2.75, 3.05) is 18.5 Å². The summed E-state index contributed by atoms with van der Waals surface area (Å²) in [6, 6.07) is 15.9. The lowest BCUT2D eigenvalue weighted by atomic mass is 9.95. The minimum Gasteiger partial charge on any atom is -0.490 e. The zero-order chi connectivity index (χ0) is 32.1. The second kappa shape index (κ2) is 15.0. The van der Waals surface area contributed by atoms with Crippen molar-refractivity contribution < 1.29 is 19.0 Å². The van der Waals surface area contributed by atoms with Crippen molar-refractivity contribution in [3.8, 4) is 11.5 Å². The van der Waals surface area contributed by atoms with Crippen LogP contribution < -0.4 is 14.8 Å². The highest BCUT2D eigenvalue weighted by Crippen LogP contribution is 2.44. The Morgan fingerprint density at radius 3 is 2.56 bits per heavy atom. The van der Waals surface area contributed by atoms with Gasteiger partial charge in [0.25, 0.3) is 0 Å². The van der Waals surface area contributed by atoms with E-state index in [9.17, 15) is 4.79 Å². The number of rotatable bonds is 12. The molecule has 2 heterocycles. The Hall–Kier alpha value is -3.15. The van der Waals surface area contributed by atoms with Gasteiger partial charge in [-0.3, -0.25) is 0 Å². The van der Waals surface area contributed by atoms with E-state index < -0.39 is 12.0 Å². The number of allylic oxidation sites excluding steroid dienone is 1. The van der Waals surface area contributed by atoms with Crippen molar-refractivity contribution in [3.63, 3.8) is 0 Å². The quantitative estimate of drug-likeness (QED) is 0.0872. The number of ether oxygens (including phenoxy) is 3. The summed E-state index contributed by atoms with van der Waals surface area (Å²) in [6.07, 6.45) is 1.52. The van der Waals surface area contributed by atoms with Crippen LogP contribution in [0.1, 0.15) is 36.6 Å². The molecule has 1 aliphatic rings. The van der Waals surface area contributed by atoms with Crippen molar-refractivity contribution in [3.05, 3.63) is 115 Å². The van der Waals surface area contributed by atoms with Crippen molar-refractivity contribution in [1.82, 2.24) is 14.8 Å². The fourth-order valence-corrected chi connectivity index (χ4v) is 6.89. The van der Waals surface area contributed by atoms with Gasteiger partial charge in [0.2, 0.25) is 11.1 Å². The lowest BCUT2D eigenvalue weighted by molar-refractivity contribution is -0.138. The first kappa shape index (κ1) is 33.2. The molecule has 13 heteroatoms. The van der Waals surface area contributed by atoms with E-state index in [-0.39, 0.29) is 13.2 Å². The fourth-order valence-electron chi connectivity index (χ4n) is 4.70. The number of nitrogens with zero attached hydrogens (tertiary/aromatic N) is 3. The van der Waals surface area contributed by atoms with E-state index in [0.29, 0.717) is 76.9 Å². The molecule has 3 aromatic carbocycles. The highest BCUT2D eigenvalue weighted by Gasteiger charge is 2.36. The molecule has 4 aromatic rings. The molecule has 1 atom stereocenters. The van der Waals surface area contributed by atoms with Gasteiger partial charge in [-0.1, -0.05) is 83.5 Å². The number of halogens is 4. The van der Waals surface area contributed by atoms with Crippen LogP contribution in [-0.4, -0.2) is 33.9 Å². The summed E-state index contributed by atoms with van der Waals surface area (Å²) in [5.74, 6) is 1.43. The van der Waals surface area contributed by atoms with Crippen LogP contribution in [0.4, 0.5) is 5.95 Å². The molecule has 0 saturated carbocycles. The number of aromatic nitrogens is 3. The van der Waals surface area contributed by atoms with E-state index in [1.54, 1.807) is 29.8 Å². The van der Waals surface area contributed by atoms with Gasteiger partial charge in [0.05, 0.1) is 16.7 Å². The van der Waals surface area contributed by atoms with Crippen LogP contribution in [0.25, 0.3) is 0 Å². The van der Waals surface area contributed by atoms with E-state index >= 15 is 0 Å². The first-order valence-electron chi connectivity index (χ1n) is 13.8. The molecule has 0 bridgehead atoms. The molecule has 0 amide bonds. The van der Waals surface area contributed by atoms with Crippen LogP contribution in [0.5, 0.6) is 11.5 Å². The summed E-state index contributed by atoms with van der Waals surface area (Å²) < 4.78 is 20.0. The maximum atomic E-state index is 13.5. The van der Waals surface area contributed by atoms with Gasteiger partial charge >= 0.3 is 5.97 Å². The van der Waals surface area contributed by atoms with Crippen LogP contribution in [0.15, 0.2) is 88.2 Å². The smallest absolute Gasteiger partial charge is 0.338 e. The topological polar surface area (TPSA) is 87.5 Å². The molecule has 1 aromatic heterocycles. The highest BCUT2D eigenvalue weighted by atomic mass is 79.9. The summed E-state index contributed by atoms with van der Waals surface area (Å²) in [7, 11) is 0. The number of hydrogen-bond acceptors (Lipinski definition) is 8. The third-order valence-electron chi connectivity index (χ3n) is 6.77. The van der Waals surface area contributed by atoms with Crippen LogP contribution in [-0.2, 0) is 21.9 Å². The molecule has 0 fully saturated rings. The van der Waals surface area contributed by atoms with E-state index in [1.807, 2.05) is 43.3 Å². The van der Waals surface area contributed by atoms with Crippen LogP contribution >= 0.6 is 62.5 Å². The van der Waals surface area contributed by atoms with Gasteiger partial charge in [-0.15, -0.1) is 5.10 Å². The number of anilines is 1. The Labute approximate surface area is 288 Å². The number of fused-ring (bicyclic) bond motifs is 1. The maximum Gasteiger partial charge on any atom is 0.338 e. The second-order valence-corrected chi connectivity index (χ2v) is 12.8. The van der Waals surface area contributed by atoms with E-state index in [1.165, 1.54) is 17.8 Å². The summed E-state index contributed by atoms with van der Waals surface area (Å²) in [5, 5.41) is 10.2. The Kier molecular flexibility index (Phi) is 11.0. The number of esters is 1. The third kappa shape index (κ3) is 7.47. The van der Waals surface area contributed by atoms with Crippen LogP contribution in [0.2, 0.25) is 15.1 Å². The van der Waals surface area contributed by atoms with Crippen molar-refractivity contribution in [2.24, 2.45) is 0 Å². The number of hydrogen-bond donors (Lipinski definition) is 1. The zero-order valence-electron chi connectivity index (χ0n) is 24.3. The van der Waals surface area contributed by atoms with Gasteiger partial charge in [0.1, 0.15) is 19.3 Å².